The standard InChI is InChI=1S/C19H28N2O3/c1-3-24-19(22)21-11-9-15(10-12-21)20-16-8-7-14-5-4-6-18(23-2)17(14)13-16/h4-6,15-16,20H,3,7-13H2,1-2H3. The fourth-order valence-corrected chi connectivity index (χ4v) is 3.87. The molecule has 0 bridgehead atoms. The number of nitrogens with one attached hydrogen (secondary N) is 1. The zero-order chi connectivity index (χ0) is 16.9. The molecule has 1 fully saturated rings. The Bertz CT molecular complexity index is 553. The molecule has 2 aliphatic rings. The number of benzene rings is 1. The molecule has 1 N–H and O–H groups in total. The van der Waals surface area contributed by atoms with Gasteiger partial charge in [-0.3, -0.25) is 0 Å². The second kappa shape index (κ2) is 7.88. The van der Waals surface area contributed by atoms with Gasteiger partial charge in [0.15, 0.2) is 0 Å². The van der Waals surface area contributed by atoms with Crippen LogP contribution in [0.2, 0.25) is 0 Å². The predicted molar refractivity (Wildman–Crippen MR) is 93.6 cm³/mol. The van der Waals surface area contributed by atoms with Crippen LogP contribution in [0.1, 0.15) is 37.3 Å². The van der Waals surface area contributed by atoms with Crippen LogP contribution < -0.4 is 10.1 Å². The van der Waals surface area contributed by atoms with Crippen LogP contribution >= 0.6 is 0 Å². The second-order valence-electron chi connectivity index (χ2n) is 6.66. The summed E-state index contributed by atoms with van der Waals surface area (Å²) in [5.41, 5.74) is 2.78. The van der Waals surface area contributed by atoms with Gasteiger partial charge in [-0.25, -0.2) is 4.79 Å². The lowest BCUT2D eigenvalue weighted by molar-refractivity contribution is 0.0940. The summed E-state index contributed by atoms with van der Waals surface area (Å²) >= 11 is 0. The number of fused-ring (bicyclic) bond motifs is 1. The van der Waals surface area contributed by atoms with E-state index < -0.39 is 0 Å². The van der Waals surface area contributed by atoms with Crippen molar-refractivity contribution >= 4 is 6.09 Å². The van der Waals surface area contributed by atoms with Crippen LogP contribution in [0.4, 0.5) is 4.79 Å². The van der Waals surface area contributed by atoms with Gasteiger partial charge in [-0.05, 0) is 56.2 Å². The number of amides is 1. The van der Waals surface area contributed by atoms with Crippen molar-refractivity contribution in [3.63, 3.8) is 0 Å². The van der Waals surface area contributed by atoms with Gasteiger partial charge in [-0.15, -0.1) is 0 Å². The van der Waals surface area contributed by atoms with E-state index in [0.29, 0.717) is 18.7 Å². The number of piperidine rings is 1. The van der Waals surface area contributed by atoms with Crippen molar-refractivity contribution in [2.24, 2.45) is 0 Å². The Balaban J connectivity index is 1.52. The molecular weight excluding hydrogens is 304 g/mol. The number of aryl methyl sites for hydroxylation is 1. The molecule has 0 aromatic heterocycles. The summed E-state index contributed by atoms with van der Waals surface area (Å²) in [5, 5.41) is 3.81. The SMILES string of the molecule is CCOC(=O)N1CCC(NC2CCc3cccc(OC)c3C2)CC1. The minimum atomic E-state index is -0.174. The smallest absolute Gasteiger partial charge is 0.409 e. The topological polar surface area (TPSA) is 50.8 Å². The highest BCUT2D eigenvalue weighted by atomic mass is 16.6. The second-order valence-corrected chi connectivity index (χ2v) is 6.66. The van der Waals surface area contributed by atoms with Gasteiger partial charge in [0.05, 0.1) is 13.7 Å². The third-order valence-electron chi connectivity index (χ3n) is 5.16. The molecule has 1 saturated heterocycles. The fourth-order valence-electron chi connectivity index (χ4n) is 3.87. The molecule has 0 spiro atoms. The summed E-state index contributed by atoms with van der Waals surface area (Å²) in [7, 11) is 1.75. The van der Waals surface area contributed by atoms with Gasteiger partial charge in [0.25, 0.3) is 0 Å². The van der Waals surface area contributed by atoms with Crippen LogP contribution in [0.3, 0.4) is 0 Å². The van der Waals surface area contributed by atoms with Crippen molar-refractivity contribution in [2.45, 2.75) is 51.1 Å². The molecule has 24 heavy (non-hydrogen) atoms. The molecule has 5 nitrogen and oxygen atoms in total. The highest BCUT2D eigenvalue weighted by molar-refractivity contribution is 5.67. The largest absolute Gasteiger partial charge is 0.496 e. The Hall–Kier alpha value is -1.75. The van der Waals surface area contributed by atoms with E-state index in [2.05, 4.69) is 23.5 Å². The van der Waals surface area contributed by atoms with Gasteiger partial charge in [-0.1, -0.05) is 12.1 Å². The van der Waals surface area contributed by atoms with Gasteiger partial charge in [0, 0.05) is 25.2 Å². The number of nitrogens with zero attached hydrogens (tertiary/aromatic N) is 1. The highest BCUT2D eigenvalue weighted by Crippen LogP contribution is 2.30. The first kappa shape index (κ1) is 17.1. The fraction of sp³-hybridized carbons (Fsp3) is 0.632. The van der Waals surface area contributed by atoms with Crippen LogP contribution in [-0.4, -0.2) is 49.9 Å². The summed E-state index contributed by atoms with van der Waals surface area (Å²) in [6.07, 6.45) is 5.11. The van der Waals surface area contributed by atoms with Crippen molar-refractivity contribution in [1.29, 1.82) is 0 Å². The van der Waals surface area contributed by atoms with Crippen LogP contribution in [0.15, 0.2) is 18.2 Å². The van der Waals surface area contributed by atoms with Gasteiger partial charge in [0.2, 0.25) is 0 Å². The van der Waals surface area contributed by atoms with E-state index in [1.165, 1.54) is 11.1 Å². The summed E-state index contributed by atoms with van der Waals surface area (Å²) in [6.45, 7) is 3.86. The van der Waals surface area contributed by atoms with Crippen LogP contribution in [0.25, 0.3) is 0 Å². The third kappa shape index (κ3) is 3.83. The minimum absolute atomic E-state index is 0.174. The number of carbonyl (C=O) groups excluding carboxylic acids is 1. The molecule has 1 atom stereocenters. The molecule has 1 aliphatic carbocycles. The van der Waals surface area contributed by atoms with E-state index in [4.69, 9.17) is 9.47 Å². The van der Waals surface area contributed by atoms with E-state index in [-0.39, 0.29) is 6.09 Å². The van der Waals surface area contributed by atoms with Crippen molar-refractivity contribution in [3.8, 4) is 5.75 Å². The van der Waals surface area contributed by atoms with Crippen molar-refractivity contribution < 1.29 is 14.3 Å². The Kier molecular flexibility index (Phi) is 5.61. The molecule has 1 heterocycles. The average molecular weight is 332 g/mol. The third-order valence-corrected chi connectivity index (χ3v) is 5.16. The lowest BCUT2D eigenvalue weighted by Gasteiger charge is -2.35. The van der Waals surface area contributed by atoms with Crippen LogP contribution in [0, 0.1) is 0 Å². The number of carbonyl (C=O) groups is 1. The summed E-state index contributed by atoms with van der Waals surface area (Å²) in [6, 6.07) is 7.33. The van der Waals surface area contributed by atoms with E-state index in [1.54, 1.807) is 7.11 Å². The van der Waals surface area contributed by atoms with E-state index >= 15 is 0 Å². The van der Waals surface area contributed by atoms with E-state index in [1.807, 2.05) is 11.8 Å². The summed E-state index contributed by atoms with van der Waals surface area (Å²) in [5.74, 6) is 1.01. The molecule has 1 aliphatic heterocycles. The molecule has 1 unspecified atom stereocenters. The summed E-state index contributed by atoms with van der Waals surface area (Å²) < 4.78 is 10.6. The number of rotatable bonds is 4. The zero-order valence-corrected chi connectivity index (χ0v) is 14.7. The quantitative estimate of drug-likeness (QED) is 0.921. The maximum Gasteiger partial charge on any atom is 0.409 e. The number of likely N-dealkylation sites (tertiary alicyclic amines) is 1. The molecular formula is C19H28N2O3. The van der Waals surface area contributed by atoms with Gasteiger partial charge < -0.3 is 19.7 Å². The zero-order valence-electron chi connectivity index (χ0n) is 14.7. The molecule has 3 rings (SSSR count). The molecule has 1 amide bonds. The number of hydrogen-bond donors (Lipinski definition) is 1. The first-order chi connectivity index (χ1) is 11.7. The average Bonchev–Trinajstić information content (AvgIpc) is 2.62. The predicted octanol–water partition coefficient (Wildman–Crippen LogP) is 2.76. The number of ether oxygens (including phenoxy) is 2. The Morgan fingerprint density at radius 2 is 2.04 bits per heavy atom. The molecule has 1 aromatic carbocycles. The van der Waals surface area contributed by atoms with E-state index in [9.17, 15) is 4.79 Å². The normalized spacial score (nSPS) is 21.2. The Morgan fingerprint density at radius 1 is 1.25 bits per heavy atom. The first-order valence-electron chi connectivity index (χ1n) is 9.03. The summed E-state index contributed by atoms with van der Waals surface area (Å²) in [4.78, 5) is 13.6. The molecule has 132 valence electrons. The maximum absolute atomic E-state index is 11.8. The van der Waals surface area contributed by atoms with Gasteiger partial charge in [0.1, 0.15) is 5.75 Å². The lowest BCUT2D eigenvalue weighted by Crippen LogP contribution is -2.49. The van der Waals surface area contributed by atoms with Crippen molar-refractivity contribution in [1.82, 2.24) is 10.2 Å². The minimum Gasteiger partial charge on any atom is -0.496 e. The number of hydrogen-bond acceptors (Lipinski definition) is 4. The lowest BCUT2D eigenvalue weighted by atomic mass is 9.87. The van der Waals surface area contributed by atoms with Crippen molar-refractivity contribution in [2.75, 3.05) is 26.8 Å². The van der Waals surface area contributed by atoms with E-state index in [0.717, 1.165) is 50.9 Å². The van der Waals surface area contributed by atoms with Gasteiger partial charge >= 0.3 is 6.09 Å². The molecule has 1 aromatic rings. The highest BCUT2D eigenvalue weighted by Gasteiger charge is 2.27. The maximum atomic E-state index is 11.8. The molecule has 0 saturated carbocycles. The van der Waals surface area contributed by atoms with Crippen LogP contribution in [0.5, 0.6) is 5.75 Å². The number of methoxy groups -OCH3 is 1. The van der Waals surface area contributed by atoms with Gasteiger partial charge in [-0.2, -0.15) is 0 Å². The molecule has 5 heteroatoms. The monoisotopic (exact) mass is 332 g/mol. The van der Waals surface area contributed by atoms with Crippen molar-refractivity contribution in [3.05, 3.63) is 29.3 Å². The Morgan fingerprint density at radius 3 is 2.75 bits per heavy atom. The van der Waals surface area contributed by atoms with Crippen LogP contribution in [-0.2, 0) is 17.6 Å². The Labute approximate surface area is 144 Å². The molecule has 0 radical (unpaired) electrons. The first-order valence-corrected chi connectivity index (χ1v) is 9.03.